The summed E-state index contributed by atoms with van der Waals surface area (Å²) in [6.45, 7) is 4.77. The fraction of sp³-hybridized carbons (Fsp3) is 0.357. The molecule has 4 heterocycles. The Morgan fingerprint density at radius 2 is 1.87 bits per heavy atom. The van der Waals surface area contributed by atoms with E-state index < -0.39 is 0 Å². The molecule has 4 aromatic rings. The fourth-order valence-electron chi connectivity index (χ4n) is 5.52. The molecule has 0 unspecified atom stereocenters. The molecule has 9 nitrogen and oxygen atoms in total. The molecular weight excluding hydrogens is 536 g/mol. The van der Waals surface area contributed by atoms with Gasteiger partial charge < -0.3 is 15.3 Å². The highest BCUT2D eigenvalue weighted by atomic mass is 35.5. The Labute approximate surface area is 235 Å². The lowest BCUT2D eigenvalue weighted by atomic mass is 9.94. The monoisotopic (exact) mass is 564 g/mol. The number of hydrogen-bond donors (Lipinski definition) is 2. The molecule has 2 aromatic carbocycles. The molecule has 1 fully saturated rings. The van der Waals surface area contributed by atoms with Crippen LogP contribution in [0.2, 0.25) is 5.02 Å². The molecule has 2 amide bonds. The number of fused-ring (bicyclic) bond motifs is 3. The van der Waals surface area contributed by atoms with E-state index in [2.05, 4.69) is 20.1 Å². The van der Waals surface area contributed by atoms with Crippen molar-refractivity contribution < 1.29 is 14.7 Å². The van der Waals surface area contributed by atoms with Crippen LogP contribution in [0, 0.1) is 0 Å². The third-order valence-electron chi connectivity index (χ3n) is 7.45. The first-order chi connectivity index (χ1) is 19.0. The highest BCUT2D eigenvalue weighted by Gasteiger charge is 2.30. The van der Waals surface area contributed by atoms with E-state index in [1.165, 1.54) is 11.3 Å². The van der Waals surface area contributed by atoms with Gasteiger partial charge in [-0.05, 0) is 18.2 Å². The number of hydrogen-bond acceptors (Lipinski definition) is 8. The van der Waals surface area contributed by atoms with Crippen molar-refractivity contribution >= 4 is 61.6 Å². The molecule has 11 heteroatoms. The van der Waals surface area contributed by atoms with Gasteiger partial charge in [-0.25, -0.2) is 4.98 Å². The number of carbonyl (C=O) groups is 2. The molecule has 0 spiro atoms. The van der Waals surface area contributed by atoms with E-state index in [0.717, 1.165) is 45.5 Å². The second kappa shape index (κ2) is 11.1. The smallest absolute Gasteiger partial charge is 0.255 e. The summed E-state index contributed by atoms with van der Waals surface area (Å²) < 4.78 is 0.888. The minimum Gasteiger partial charge on any atom is -0.395 e. The number of rotatable bonds is 6. The zero-order valence-corrected chi connectivity index (χ0v) is 23.0. The molecular formula is C28H29ClN6O3S. The molecule has 202 valence electrons. The number of pyridine rings is 1. The zero-order valence-electron chi connectivity index (χ0n) is 21.4. The fourth-order valence-corrected chi connectivity index (χ4v) is 6.47. The van der Waals surface area contributed by atoms with E-state index in [1.54, 1.807) is 17.6 Å². The van der Waals surface area contributed by atoms with E-state index in [1.807, 2.05) is 29.2 Å². The van der Waals surface area contributed by atoms with Gasteiger partial charge in [0, 0.05) is 73.9 Å². The van der Waals surface area contributed by atoms with Crippen LogP contribution >= 0.6 is 22.9 Å². The molecule has 0 saturated carbocycles. The summed E-state index contributed by atoms with van der Waals surface area (Å²) in [7, 11) is 0. The summed E-state index contributed by atoms with van der Waals surface area (Å²) >= 11 is 7.70. The van der Waals surface area contributed by atoms with Gasteiger partial charge in [-0.3, -0.25) is 24.4 Å². The average molecular weight is 565 g/mol. The molecule has 0 aliphatic carbocycles. The van der Waals surface area contributed by atoms with Crippen molar-refractivity contribution in [3.8, 4) is 0 Å². The van der Waals surface area contributed by atoms with Crippen LogP contribution in [-0.2, 0) is 17.8 Å². The number of β-amino-alcohol motifs (C(OH)–C–C–N with tert-alkyl or cyclic N) is 1. The molecule has 2 aromatic heterocycles. The van der Waals surface area contributed by atoms with Crippen LogP contribution < -0.4 is 5.32 Å². The zero-order chi connectivity index (χ0) is 26.9. The Morgan fingerprint density at radius 1 is 1.05 bits per heavy atom. The van der Waals surface area contributed by atoms with Gasteiger partial charge in [-0.15, -0.1) is 11.3 Å². The number of piperazine rings is 1. The number of anilines is 1. The number of amides is 2. The number of para-hydroxylation sites is 1. The first-order valence-electron chi connectivity index (χ1n) is 13.1. The number of aliphatic hydroxyl groups excluding tert-OH is 1. The lowest BCUT2D eigenvalue weighted by molar-refractivity contribution is -0.117. The topological polar surface area (TPSA) is 102 Å². The SMILES string of the molecule is O=C(CN1CCc2nc3ccccc3c(C(=O)N3CCN(CCO)CC3)c2C1)Nc1cc(Cl)cc2ncsc12. The number of benzene rings is 2. The Kier molecular flexibility index (Phi) is 7.46. The molecule has 1 saturated heterocycles. The van der Waals surface area contributed by atoms with Crippen LogP contribution in [0.5, 0.6) is 0 Å². The van der Waals surface area contributed by atoms with Gasteiger partial charge in [0.25, 0.3) is 5.91 Å². The van der Waals surface area contributed by atoms with Gasteiger partial charge in [-0.2, -0.15) is 0 Å². The highest BCUT2D eigenvalue weighted by Crippen LogP contribution is 2.32. The highest BCUT2D eigenvalue weighted by molar-refractivity contribution is 7.17. The van der Waals surface area contributed by atoms with Crippen molar-refractivity contribution in [2.45, 2.75) is 13.0 Å². The molecule has 0 atom stereocenters. The summed E-state index contributed by atoms with van der Waals surface area (Å²) in [6, 6.07) is 11.3. The molecule has 2 aliphatic heterocycles. The normalized spacial score (nSPS) is 16.5. The van der Waals surface area contributed by atoms with Crippen LogP contribution in [0.1, 0.15) is 21.6 Å². The van der Waals surface area contributed by atoms with Crippen molar-refractivity contribution in [2.75, 3.05) is 57.7 Å². The van der Waals surface area contributed by atoms with Crippen molar-refractivity contribution in [3.05, 3.63) is 63.8 Å². The largest absolute Gasteiger partial charge is 0.395 e. The molecule has 0 bridgehead atoms. The number of nitrogens with one attached hydrogen (secondary N) is 1. The van der Waals surface area contributed by atoms with Gasteiger partial charge in [0.1, 0.15) is 0 Å². The Bertz CT molecular complexity index is 1550. The number of carbonyl (C=O) groups excluding carboxylic acids is 2. The maximum absolute atomic E-state index is 14.0. The van der Waals surface area contributed by atoms with Crippen molar-refractivity contribution in [1.82, 2.24) is 24.7 Å². The van der Waals surface area contributed by atoms with Crippen LogP contribution in [-0.4, -0.2) is 94.0 Å². The minimum absolute atomic E-state index is 0.00585. The van der Waals surface area contributed by atoms with E-state index in [0.29, 0.717) is 55.4 Å². The van der Waals surface area contributed by atoms with E-state index in [-0.39, 0.29) is 25.0 Å². The number of halogens is 1. The van der Waals surface area contributed by atoms with Crippen molar-refractivity contribution in [3.63, 3.8) is 0 Å². The first kappa shape index (κ1) is 26.1. The molecule has 2 aliphatic rings. The lowest BCUT2D eigenvalue weighted by Crippen LogP contribution is -2.49. The number of aliphatic hydroxyl groups is 1. The van der Waals surface area contributed by atoms with Crippen LogP contribution in [0.15, 0.2) is 41.9 Å². The Balaban J connectivity index is 1.24. The lowest BCUT2D eigenvalue weighted by Gasteiger charge is -2.36. The van der Waals surface area contributed by atoms with E-state index in [9.17, 15) is 14.7 Å². The van der Waals surface area contributed by atoms with Gasteiger partial charge in [-0.1, -0.05) is 29.8 Å². The third kappa shape index (κ3) is 5.35. The Hall–Kier alpha value is -3.15. The molecule has 39 heavy (non-hydrogen) atoms. The van der Waals surface area contributed by atoms with Gasteiger partial charge in [0.2, 0.25) is 5.91 Å². The number of nitrogens with zero attached hydrogens (tertiary/aromatic N) is 5. The van der Waals surface area contributed by atoms with Crippen molar-refractivity contribution in [2.24, 2.45) is 0 Å². The first-order valence-corrected chi connectivity index (χ1v) is 14.3. The molecule has 6 rings (SSSR count). The maximum Gasteiger partial charge on any atom is 0.255 e. The quantitative estimate of drug-likeness (QED) is 0.371. The number of thiazole rings is 1. The van der Waals surface area contributed by atoms with Crippen LogP contribution in [0.4, 0.5) is 5.69 Å². The predicted octanol–water partition coefficient (Wildman–Crippen LogP) is 3.24. The van der Waals surface area contributed by atoms with Crippen LogP contribution in [0.25, 0.3) is 21.1 Å². The summed E-state index contributed by atoms with van der Waals surface area (Å²) in [5, 5.41) is 13.6. The standard InChI is InChI=1S/C28H29ClN6O3S/c29-18-13-23-27(39-17-30-23)24(14-18)32-25(37)16-34-6-5-22-20(15-34)26(19-3-1-2-4-21(19)31-22)28(38)35-9-7-33(8-10-35)11-12-36/h1-4,13-14,17,36H,5-12,15-16H2,(H,32,37). The van der Waals surface area contributed by atoms with Crippen molar-refractivity contribution in [1.29, 1.82) is 0 Å². The van der Waals surface area contributed by atoms with Gasteiger partial charge in [0.15, 0.2) is 0 Å². The third-order valence-corrected chi connectivity index (χ3v) is 8.55. The van der Waals surface area contributed by atoms with E-state index >= 15 is 0 Å². The van der Waals surface area contributed by atoms with Gasteiger partial charge in [0.05, 0.1) is 45.6 Å². The summed E-state index contributed by atoms with van der Waals surface area (Å²) in [5.74, 6) is -0.136. The van der Waals surface area contributed by atoms with Crippen LogP contribution in [0.3, 0.4) is 0 Å². The Morgan fingerprint density at radius 3 is 2.69 bits per heavy atom. The molecule has 2 N–H and O–H groups in total. The molecule has 0 radical (unpaired) electrons. The average Bonchev–Trinajstić information content (AvgIpc) is 3.41. The predicted molar refractivity (Wildman–Crippen MR) is 153 cm³/mol. The summed E-state index contributed by atoms with van der Waals surface area (Å²) in [5.41, 5.74) is 6.49. The minimum atomic E-state index is -0.142. The second-order valence-electron chi connectivity index (χ2n) is 9.95. The summed E-state index contributed by atoms with van der Waals surface area (Å²) in [4.78, 5) is 42.4. The maximum atomic E-state index is 14.0. The summed E-state index contributed by atoms with van der Waals surface area (Å²) in [6.07, 6.45) is 0.661. The van der Waals surface area contributed by atoms with Gasteiger partial charge >= 0.3 is 0 Å². The second-order valence-corrected chi connectivity index (χ2v) is 11.2. The number of aromatic nitrogens is 2. The van der Waals surface area contributed by atoms with E-state index in [4.69, 9.17) is 16.6 Å².